The number of rotatable bonds is 10. The zero-order valence-electron chi connectivity index (χ0n) is 20.1. The van der Waals surface area contributed by atoms with E-state index in [-0.39, 0.29) is 24.8 Å². The number of hydrogen-bond donors (Lipinski definition) is 2. The molecule has 0 radical (unpaired) electrons. The first-order valence-electron chi connectivity index (χ1n) is 11.2. The first-order valence-corrected chi connectivity index (χ1v) is 11.2. The highest BCUT2D eigenvalue weighted by atomic mass is 16.5. The van der Waals surface area contributed by atoms with Crippen LogP contribution in [-0.4, -0.2) is 49.5 Å². The molecule has 0 saturated carbocycles. The van der Waals surface area contributed by atoms with Crippen molar-refractivity contribution < 1.29 is 28.5 Å². The van der Waals surface area contributed by atoms with E-state index in [1.165, 1.54) is 0 Å². The van der Waals surface area contributed by atoms with Gasteiger partial charge in [0.25, 0.3) is 5.91 Å². The van der Waals surface area contributed by atoms with Crippen LogP contribution in [0.2, 0.25) is 0 Å². The van der Waals surface area contributed by atoms with Crippen molar-refractivity contribution >= 4 is 23.3 Å². The first-order chi connectivity index (χ1) is 17.0. The van der Waals surface area contributed by atoms with E-state index in [2.05, 4.69) is 15.7 Å². The molecule has 1 aromatic heterocycles. The van der Waals surface area contributed by atoms with Crippen LogP contribution in [0, 0.1) is 0 Å². The number of aromatic nitrogens is 2. The summed E-state index contributed by atoms with van der Waals surface area (Å²) in [5.74, 6) is 1.55. The maximum atomic E-state index is 12.9. The molecule has 1 aliphatic rings. The lowest BCUT2D eigenvalue weighted by Gasteiger charge is -2.13. The number of para-hydroxylation sites is 2. The molecule has 0 bridgehead atoms. The van der Waals surface area contributed by atoms with Crippen LogP contribution in [0.3, 0.4) is 0 Å². The monoisotopic (exact) mass is 480 g/mol. The van der Waals surface area contributed by atoms with E-state index in [0.717, 1.165) is 5.56 Å². The Hall–Kier alpha value is -4.05. The lowest BCUT2D eigenvalue weighted by molar-refractivity contribution is -0.123. The Labute approximate surface area is 203 Å². The molecule has 10 heteroatoms. The van der Waals surface area contributed by atoms with Gasteiger partial charge in [-0.05, 0) is 36.8 Å². The van der Waals surface area contributed by atoms with Gasteiger partial charge in [0.1, 0.15) is 17.6 Å². The standard InChI is InChI=1S/C25H28N4O6/c1-5-35-19-9-7-6-8-16(19)26-22(30)13-18-25(31)27-24-23(17(14-32-2)28-29(18)24)15-10-11-20(33-3)21(12-15)34-4/h6-12,18H,5,13-14H2,1-4H3,(H,26,30)(H,27,31). The minimum absolute atomic E-state index is 0.0984. The van der Waals surface area contributed by atoms with Crippen molar-refractivity contribution in [1.82, 2.24) is 9.78 Å². The van der Waals surface area contributed by atoms with Gasteiger partial charge in [-0.1, -0.05) is 18.2 Å². The number of methoxy groups -OCH3 is 3. The number of fused-ring (bicyclic) bond motifs is 1. The van der Waals surface area contributed by atoms with Gasteiger partial charge in [-0.25, -0.2) is 4.68 Å². The molecular formula is C25H28N4O6. The minimum Gasteiger partial charge on any atom is -0.493 e. The maximum Gasteiger partial charge on any atom is 0.251 e. The zero-order valence-corrected chi connectivity index (χ0v) is 20.1. The molecule has 10 nitrogen and oxygen atoms in total. The predicted octanol–water partition coefficient (Wildman–Crippen LogP) is 3.63. The number of nitrogens with zero attached hydrogens (tertiary/aromatic N) is 2. The number of carbonyl (C=O) groups excluding carboxylic acids is 2. The summed E-state index contributed by atoms with van der Waals surface area (Å²) in [7, 11) is 4.69. The fourth-order valence-corrected chi connectivity index (χ4v) is 4.08. The molecule has 0 fully saturated rings. The summed E-state index contributed by atoms with van der Waals surface area (Å²) >= 11 is 0. The van der Waals surface area contributed by atoms with E-state index in [0.29, 0.717) is 46.6 Å². The maximum absolute atomic E-state index is 12.9. The molecule has 2 aromatic carbocycles. The van der Waals surface area contributed by atoms with E-state index in [1.54, 1.807) is 50.3 Å². The summed E-state index contributed by atoms with van der Waals surface area (Å²) in [6.45, 7) is 2.56. The number of carbonyl (C=O) groups is 2. The largest absolute Gasteiger partial charge is 0.493 e. The number of amides is 2. The minimum atomic E-state index is -0.811. The van der Waals surface area contributed by atoms with Gasteiger partial charge in [0.15, 0.2) is 11.5 Å². The summed E-state index contributed by atoms with van der Waals surface area (Å²) in [6, 6.07) is 11.8. The fourth-order valence-electron chi connectivity index (χ4n) is 4.08. The Morgan fingerprint density at radius 2 is 1.86 bits per heavy atom. The van der Waals surface area contributed by atoms with Crippen molar-refractivity contribution in [1.29, 1.82) is 0 Å². The molecule has 184 valence electrons. The van der Waals surface area contributed by atoms with Crippen molar-refractivity contribution in [2.24, 2.45) is 0 Å². The van der Waals surface area contributed by atoms with E-state index in [1.807, 2.05) is 25.1 Å². The van der Waals surface area contributed by atoms with Gasteiger partial charge < -0.3 is 29.6 Å². The molecule has 0 saturated heterocycles. The average molecular weight is 481 g/mol. The number of anilines is 2. The van der Waals surface area contributed by atoms with E-state index in [9.17, 15) is 9.59 Å². The fraction of sp³-hybridized carbons (Fsp3) is 0.320. The van der Waals surface area contributed by atoms with Gasteiger partial charge in [0.05, 0.1) is 50.8 Å². The third kappa shape index (κ3) is 4.78. The highest BCUT2D eigenvalue weighted by Crippen LogP contribution is 2.41. The SMILES string of the molecule is CCOc1ccccc1NC(=O)CC1C(=O)Nc2c(-c3ccc(OC)c(OC)c3)c(COC)nn21. The first kappa shape index (κ1) is 24.1. The van der Waals surface area contributed by atoms with Gasteiger partial charge >= 0.3 is 0 Å². The van der Waals surface area contributed by atoms with E-state index >= 15 is 0 Å². The number of ether oxygens (including phenoxy) is 4. The van der Waals surface area contributed by atoms with Crippen molar-refractivity contribution in [2.45, 2.75) is 26.0 Å². The second kappa shape index (κ2) is 10.5. The Bertz CT molecular complexity index is 1240. The van der Waals surface area contributed by atoms with Crippen molar-refractivity contribution in [3.63, 3.8) is 0 Å². The van der Waals surface area contributed by atoms with E-state index < -0.39 is 6.04 Å². The lowest BCUT2D eigenvalue weighted by Crippen LogP contribution is -2.24. The van der Waals surface area contributed by atoms with Crippen molar-refractivity contribution in [3.05, 3.63) is 48.2 Å². The van der Waals surface area contributed by atoms with Gasteiger partial charge in [-0.15, -0.1) is 0 Å². The Kier molecular flexibility index (Phi) is 7.21. The van der Waals surface area contributed by atoms with Crippen LogP contribution >= 0.6 is 0 Å². The van der Waals surface area contributed by atoms with Crippen LogP contribution in [0.25, 0.3) is 11.1 Å². The van der Waals surface area contributed by atoms with Gasteiger partial charge in [-0.2, -0.15) is 5.10 Å². The highest BCUT2D eigenvalue weighted by molar-refractivity contribution is 6.04. The molecule has 0 spiro atoms. The molecule has 0 aliphatic carbocycles. The van der Waals surface area contributed by atoms with Gasteiger partial charge in [-0.3, -0.25) is 9.59 Å². The molecule has 1 unspecified atom stereocenters. The molecule has 35 heavy (non-hydrogen) atoms. The molecular weight excluding hydrogens is 452 g/mol. The topological polar surface area (TPSA) is 113 Å². The molecule has 2 N–H and O–H groups in total. The summed E-state index contributed by atoms with van der Waals surface area (Å²) in [4.78, 5) is 25.8. The van der Waals surface area contributed by atoms with Crippen LogP contribution in [0.5, 0.6) is 17.2 Å². The molecule has 2 heterocycles. The van der Waals surface area contributed by atoms with Crippen LogP contribution in [0.4, 0.5) is 11.5 Å². The normalized spacial score (nSPS) is 14.3. The quantitative estimate of drug-likeness (QED) is 0.456. The summed E-state index contributed by atoms with van der Waals surface area (Å²) in [5.41, 5.74) is 2.64. The molecule has 1 atom stereocenters. The summed E-state index contributed by atoms with van der Waals surface area (Å²) < 4.78 is 23.2. The van der Waals surface area contributed by atoms with E-state index in [4.69, 9.17) is 18.9 Å². The Morgan fingerprint density at radius 3 is 2.57 bits per heavy atom. The van der Waals surface area contributed by atoms with Crippen LogP contribution in [-0.2, 0) is 20.9 Å². The predicted molar refractivity (Wildman–Crippen MR) is 130 cm³/mol. The second-order valence-corrected chi connectivity index (χ2v) is 7.80. The third-order valence-corrected chi connectivity index (χ3v) is 5.62. The van der Waals surface area contributed by atoms with Crippen LogP contribution in [0.15, 0.2) is 42.5 Å². The lowest BCUT2D eigenvalue weighted by atomic mass is 10.0. The zero-order chi connectivity index (χ0) is 24.9. The number of nitrogens with one attached hydrogen (secondary N) is 2. The number of benzene rings is 2. The third-order valence-electron chi connectivity index (χ3n) is 5.62. The Balaban J connectivity index is 1.64. The summed E-state index contributed by atoms with van der Waals surface area (Å²) in [6.07, 6.45) is -0.0984. The van der Waals surface area contributed by atoms with Gasteiger partial charge in [0.2, 0.25) is 5.91 Å². The average Bonchev–Trinajstić information content (AvgIpc) is 3.34. The Morgan fingerprint density at radius 1 is 1.09 bits per heavy atom. The summed E-state index contributed by atoms with van der Waals surface area (Å²) in [5, 5.41) is 10.4. The number of hydrogen-bond acceptors (Lipinski definition) is 7. The van der Waals surface area contributed by atoms with Crippen LogP contribution in [0.1, 0.15) is 25.1 Å². The highest BCUT2D eigenvalue weighted by Gasteiger charge is 2.37. The molecule has 4 rings (SSSR count). The molecule has 3 aromatic rings. The van der Waals surface area contributed by atoms with Crippen LogP contribution < -0.4 is 24.8 Å². The van der Waals surface area contributed by atoms with Gasteiger partial charge in [0, 0.05) is 7.11 Å². The smallest absolute Gasteiger partial charge is 0.251 e. The second-order valence-electron chi connectivity index (χ2n) is 7.80. The van der Waals surface area contributed by atoms with Crippen molar-refractivity contribution in [2.75, 3.05) is 38.6 Å². The molecule has 1 aliphatic heterocycles. The van der Waals surface area contributed by atoms with Crippen molar-refractivity contribution in [3.8, 4) is 28.4 Å². The molecule has 2 amide bonds.